The van der Waals surface area contributed by atoms with E-state index < -0.39 is 0 Å². The van der Waals surface area contributed by atoms with Crippen molar-refractivity contribution >= 4 is 29.1 Å². The third kappa shape index (κ3) is 3.90. The second-order valence-corrected chi connectivity index (χ2v) is 7.19. The number of likely N-dealkylation sites (N-methyl/N-ethyl adjacent to an activating group) is 1. The van der Waals surface area contributed by atoms with E-state index in [2.05, 4.69) is 55.6 Å². The number of hydrogen-bond donors (Lipinski definition) is 2. The number of rotatable bonds is 5. The first-order valence-corrected chi connectivity index (χ1v) is 8.93. The molecule has 0 unspecified atom stereocenters. The van der Waals surface area contributed by atoms with Gasteiger partial charge in [0.05, 0.1) is 17.1 Å². The fourth-order valence-electron chi connectivity index (χ4n) is 2.69. The number of hydrogen-bond acceptors (Lipinski definition) is 9. The molecular weight excluding hydrogens is 324 g/mol. The lowest BCUT2D eigenvalue weighted by atomic mass is 10.1. The van der Waals surface area contributed by atoms with Gasteiger partial charge in [0.25, 0.3) is 0 Å². The van der Waals surface area contributed by atoms with Crippen molar-refractivity contribution in [1.29, 1.82) is 0 Å². The lowest BCUT2D eigenvalue weighted by Gasteiger charge is -2.33. The number of nitrogens with zero attached hydrogens (tertiary/aromatic N) is 6. The number of nitrogen functional groups attached to an aromatic ring is 1. The van der Waals surface area contributed by atoms with Gasteiger partial charge in [-0.3, -0.25) is 0 Å². The number of anilines is 3. The van der Waals surface area contributed by atoms with Gasteiger partial charge in [0.15, 0.2) is 0 Å². The summed E-state index contributed by atoms with van der Waals surface area (Å²) in [6.07, 6.45) is 0. The van der Waals surface area contributed by atoms with Crippen LogP contribution in [-0.4, -0.2) is 57.7 Å². The van der Waals surface area contributed by atoms with Gasteiger partial charge in [-0.15, -0.1) is 5.10 Å². The standard InChI is InChI=1S/C15H24N8S/c1-10(2)14-11(24-21-20-14)9-17-12-8-13(19-15(16)18-12)23-6-4-22(3)5-7-23/h8,10H,4-7,9H2,1-3H3,(H3,16,17,18,19). The first-order chi connectivity index (χ1) is 11.5. The Morgan fingerprint density at radius 1 is 1.25 bits per heavy atom. The molecular formula is C15H24N8S. The molecule has 1 saturated heterocycles. The van der Waals surface area contributed by atoms with Crippen LogP contribution in [-0.2, 0) is 6.54 Å². The van der Waals surface area contributed by atoms with Gasteiger partial charge < -0.3 is 20.9 Å². The first kappa shape index (κ1) is 16.8. The van der Waals surface area contributed by atoms with Gasteiger partial charge in [-0.05, 0) is 24.5 Å². The smallest absolute Gasteiger partial charge is 0.223 e. The highest BCUT2D eigenvalue weighted by Crippen LogP contribution is 2.22. The molecule has 0 saturated carbocycles. The Balaban J connectivity index is 1.71. The van der Waals surface area contributed by atoms with Crippen LogP contribution in [0.15, 0.2) is 6.07 Å². The highest BCUT2D eigenvalue weighted by atomic mass is 32.1. The summed E-state index contributed by atoms with van der Waals surface area (Å²) in [5, 5.41) is 7.54. The van der Waals surface area contributed by atoms with E-state index in [0.29, 0.717) is 18.4 Å². The minimum Gasteiger partial charge on any atom is -0.368 e. The summed E-state index contributed by atoms with van der Waals surface area (Å²) in [4.78, 5) is 14.4. The SMILES string of the molecule is CC(C)c1nnsc1CNc1cc(N2CCN(C)CC2)nc(N)n1. The number of nitrogens with two attached hydrogens (primary N) is 1. The maximum Gasteiger partial charge on any atom is 0.223 e. The normalized spacial score (nSPS) is 15.9. The molecule has 0 aromatic carbocycles. The van der Waals surface area contributed by atoms with Crippen LogP contribution in [0.1, 0.15) is 30.3 Å². The van der Waals surface area contributed by atoms with Crippen molar-refractivity contribution in [3.05, 3.63) is 16.6 Å². The van der Waals surface area contributed by atoms with Gasteiger partial charge in [0.1, 0.15) is 11.6 Å². The third-order valence-electron chi connectivity index (χ3n) is 4.12. The zero-order valence-electron chi connectivity index (χ0n) is 14.4. The Kier molecular flexibility index (Phi) is 5.10. The van der Waals surface area contributed by atoms with Crippen molar-refractivity contribution in [2.75, 3.05) is 49.2 Å². The average molecular weight is 348 g/mol. The number of aromatic nitrogens is 4. The minimum atomic E-state index is 0.292. The van der Waals surface area contributed by atoms with Gasteiger partial charge in [-0.2, -0.15) is 9.97 Å². The van der Waals surface area contributed by atoms with E-state index in [4.69, 9.17) is 5.73 Å². The van der Waals surface area contributed by atoms with Crippen molar-refractivity contribution in [2.45, 2.75) is 26.3 Å². The average Bonchev–Trinajstić information content (AvgIpc) is 3.02. The van der Waals surface area contributed by atoms with Gasteiger partial charge in [-0.25, -0.2) is 0 Å². The molecule has 9 heteroatoms. The van der Waals surface area contributed by atoms with Crippen LogP contribution in [0.3, 0.4) is 0 Å². The molecule has 2 aromatic rings. The van der Waals surface area contributed by atoms with Gasteiger partial charge in [0, 0.05) is 32.2 Å². The van der Waals surface area contributed by atoms with Crippen molar-refractivity contribution in [2.24, 2.45) is 0 Å². The monoisotopic (exact) mass is 348 g/mol. The Labute approximate surface area is 146 Å². The molecule has 3 rings (SSSR count). The molecule has 0 bridgehead atoms. The lowest BCUT2D eigenvalue weighted by molar-refractivity contribution is 0.312. The predicted molar refractivity (Wildman–Crippen MR) is 97.5 cm³/mol. The van der Waals surface area contributed by atoms with Crippen molar-refractivity contribution in [1.82, 2.24) is 24.5 Å². The van der Waals surface area contributed by atoms with E-state index >= 15 is 0 Å². The zero-order chi connectivity index (χ0) is 17.1. The van der Waals surface area contributed by atoms with Crippen LogP contribution in [0.5, 0.6) is 0 Å². The van der Waals surface area contributed by atoms with Crippen LogP contribution in [0, 0.1) is 0 Å². The molecule has 0 radical (unpaired) electrons. The Hall–Kier alpha value is -2.00. The molecule has 1 aliphatic rings. The molecule has 3 heterocycles. The maximum absolute atomic E-state index is 5.90. The maximum atomic E-state index is 5.90. The molecule has 3 N–H and O–H groups in total. The molecule has 0 spiro atoms. The van der Waals surface area contributed by atoms with Gasteiger partial charge in [0.2, 0.25) is 5.95 Å². The molecule has 0 atom stereocenters. The Bertz CT molecular complexity index is 678. The second-order valence-electron chi connectivity index (χ2n) is 6.35. The summed E-state index contributed by atoms with van der Waals surface area (Å²) >= 11 is 1.42. The molecule has 1 aliphatic heterocycles. The molecule has 0 amide bonds. The highest BCUT2D eigenvalue weighted by Gasteiger charge is 2.17. The molecule has 2 aromatic heterocycles. The largest absolute Gasteiger partial charge is 0.368 e. The lowest BCUT2D eigenvalue weighted by Crippen LogP contribution is -2.44. The van der Waals surface area contributed by atoms with Crippen LogP contribution >= 0.6 is 11.5 Å². The van der Waals surface area contributed by atoms with Crippen LogP contribution in [0.2, 0.25) is 0 Å². The first-order valence-electron chi connectivity index (χ1n) is 8.16. The Morgan fingerprint density at radius 3 is 2.71 bits per heavy atom. The van der Waals surface area contributed by atoms with E-state index in [1.807, 2.05) is 6.07 Å². The topological polar surface area (TPSA) is 96.1 Å². The summed E-state index contributed by atoms with van der Waals surface area (Å²) in [6.45, 7) is 8.83. The summed E-state index contributed by atoms with van der Waals surface area (Å²) in [6, 6.07) is 1.96. The fraction of sp³-hybridized carbons (Fsp3) is 0.600. The van der Waals surface area contributed by atoms with Crippen LogP contribution in [0.25, 0.3) is 0 Å². The van der Waals surface area contributed by atoms with Crippen molar-refractivity contribution in [3.8, 4) is 0 Å². The van der Waals surface area contributed by atoms with Gasteiger partial charge >= 0.3 is 0 Å². The molecule has 0 aliphatic carbocycles. The molecule has 24 heavy (non-hydrogen) atoms. The van der Waals surface area contributed by atoms with Crippen LogP contribution in [0.4, 0.5) is 17.6 Å². The van der Waals surface area contributed by atoms with E-state index in [0.717, 1.165) is 48.4 Å². The fourth-order valence-corrected chi connectivity index (χ4v) is 3.42. The number of nitrogens with one attached hydrogen (secondary N) is 1. The summed E-state index contributed by atoms with van der Waals surface area (Å²) in [7, 11) is 2.13. The predicted octanol–water partition coefficient (Wildman–Crippen LogP) is 1.40. The third-order valence-corrected chi connectivity index (χ3v) is 4.86. The molecule has 8 nitrogen and oxygen atoms in total. The quantitative estimate of drug-likeness (QED) is 0.837. The van der Waals surface area contributed by atoms with Crippen molar-refractivity contribution < 1.29 is 0 Å². The van der Waals surface area contributed by atoms with Crippen LogP contribution < -0.4 is 16.0 Å². The molecule has 1 fully saturated rings. The minimum absolute atomic E-state index is 0.292. The summed E-state index contributed by atoms with van der Waals surface area (Å²) in [5.74, 6) is 2.27. The van der Waals surface area contributed by atoms with E-state index in [1.54, 1.807) is 0 Å². The van der Waals surface area contributed by atoms with Gasteiger partial charge in [-0.1, -0.05) is 18.3 Å². The highest BCUT2D eigenvalue weighted by molar-refractivity contribution is 7.05. The summed E-state index contributed by atoms with van der Waals surface area (Å²) < 4.78 is 4.05. The van der Waals surface area contributed by atoms with E-state index in [1.165, 1.54) is 11.5 Å². The summed E-state index contributed by atoms with van der Waals surface area (Å²) in [5.41, 5.74) is 6.94. The second kappa shape index (κ2) is 7.27. The van der Waals surface area contributed by atoms with E-state index in [-0.39, 0.29) is 0 Å². The zero-order valence-corrected chi connectivity index (χ0v) is 15.2. The molecule has 130 valence electrons. The van der Waals surface area contributed by atoms with Crippen molar-refractivity contribution in [3.63, 3.8) is 0 Å². The Morgan fingerprint density at radius 2 is 2.00 bits per heavy atom. The number of piperazine rings is 1. The van der Waals surface area contributed by atoms with E-state index in [9.17, 15) is 0 Å².